The topological polar surface area (TPSA) is 59.0 Å². The Bertz CT molecular complexity index is 596. The number of halogens is 1. The Kier molecular flexibility index (Phi) is 5.53. The van der Waals surface area contributed by atoms with Crippen molar-refractivity contribution in [3.05, 3.63) is 29.1 Å². The number of nitrogens with one attached hydrogen (secondary N) is 2. The second kappa shape index (κ2) is 7.05. The molecule has 1 aromatic rings. The number of hydrogen-bond acceptors (Lipinski definition) is 3. The lowest BCUT2D eigenvalue weighted by molar-refractivity contribution is 0.0950. The van der Waals surface area contributed by atoms with Gasteiger partial charge in [0.2, 0.25) is 0 Å². The molecule has 0 aromatic carbocycles. The van der Waals surface area contributed by atoms with Gasteiger partial charge in [0, 0.05) is 24.7 Å². The van der Waals surface area contributed by atoms with Gasteiger partial charge in [-0.3, -0.25) is 9.48 Å². The first-order valence-corrected chi connectivity index (χ1v) is 8.22. The van der Waals surface area contributed by atoms with Gasteiger partial charge in [0.25, 0.3) is 5.91 Å². The van der Waals surface area contributed by atoms with Crippen molar-refractivity contribution in [2.24, 2.45) is 0 Å². The molecule has 0 bridgehead atoms. The molecule has 0 unspecified atom stereocenters. The Labute approximate surface area is 144 Å². The zero-order valence-electron chi connectivity index (χ0n) is 14.2. The number of nitrogens with zero attached hydrogens (tertiary/aromatic N) is 2. The number of aromatic nitrogens is 2. The predicted octanol–water partition coefficient (Wildman–Crippen LogP) is 2.59. The monoisotopic (exact) mass is 338 g/mol. The summed E-state index contributed by atoms with van der Waals surface area (Å²) >= 11 is 0. The quantitative estimate of drug-likeness (QED) is 0.830. The highest BCUT2D eigenvalue weighted by Gasteiger charge is 2.32. The summed E-state index contributed by atoms with van der Waals surface area (Å²) in [5, 5.41) is 10.9. The Morgan fingerprint density at radius 2 is 2.17 bits per heavy atom. The molecule has 1 aliphatic carbocycles. The summed E-state index contributed by atoms with van der Waals surface area (Å²) < 4.78 is 2.03. The molecule has 3 rings (SSSR count). The SMILES string of the molecule is CC(C)(C)n1nc(C(=O)NCC2=CCNCC2)cc1C1CC1.Cl. The van der Waals surface area contributed by atoms with Gasteiger partial charge in [-0.25, -0.2) is 0 Å². The van der Waals surface area contributed by atoms with Crippen LogP contribution in [-0.4, -0.2) is 35.3 Å². The summed E-state index contributed by atoms with van der Waals surface area (Å²) in [7, 11) is 0. The van der Waals surface area contributed by atoms with E-state index in [4.69, 9.17) is 0 Å². The van der Waals surface area contributed by atoms with Crippen LogP contribution >= 0.6 is 12.4 Å². The van der Waals surface area contributed by atoms with Crippen molar-refractivity contribution in [3.8, 4) is 0 Å². The van der Waals surface area contributed by atoms with Gasteiger partial charge in [-0.05, 0) is 52.6 Å². The molecule has 5 nitrogen and oxygen atoms in total. The molecule has 1 amide bonds. The minimum absolute atomic E-state index is 0. The summed E-state index contributed by atoms with van der Waals surface area (Å²) in [5.74, 6) is 0.518. The summed E-state index contributed by atoms with van der Waals surface area (Å²) in [4.78, 5) is 12.4. The van der Waals surface area contributed by atoms with Gasteiger partial charge in [-0.15, -0.1) is 12.4 Å². The van der Waals surface area contributed by atoms with E-state index < -0.39 is 0 Å². The van der Waals surface area contributed by atoms with Gasteiger partial charge in [-0.1, -0.05) is 11.6 Å². The fraction of sp³-hybridized carbons (Fsp3) is 0.647. The Morgan fingerprint density at radius 1 is 1.43 bits per heavy atom. The minimum Gasteiger partial charge on any atom is -0.347 e. The van der Waals surface area contributed by atoms with E-state index >= 15 is 0 Å². The van der Waals surface area contributed by atoms with Crippen molar-refractivity contribution in [1.82, 2.24) is 20.4 Å². The van der Waals surface area contributed by atoms with E-state index in [-0.39, 0.29) is 23.9 Å². The Hall–Kier alpha value is -1.33. The highest BCUT2D eigenvalue weighted by atomic mass is 35.5. The zero-order valence-corrected chi connectivity index (χ0v) is 15.0. The van der Waals surface area contributed by atoms with E-state index in [2.05, 4.69) is 42.6 Å². The third-order valence-electron chi connectivity index (χ3n) is 4.23. The molecule has 23 heavy (non-hydrogen) atoms. The van der Waals surface area contributed by atoms with Crippen molar-refractivity contribution < 1.29 is 4.79 Å². The molecule has 0 radical (unpaired) electrons. The third kappa shape index (κ3) is 4.36. The average Bonchev–Trinajstić information content (AvgIpc) is 3.23. The summed E-state index contributed by atoms with van der Waals surface area (Å²) in [5.41, 5.74) is 2.96. The third-order valence-corrected chi connectivity index (χ3v) is 4.23. The normalized spacial score (nSPS) is 18.1. The molecule has 6 heteroatoms. The Morgan fingerprint density at radius 3 is 2.74 bits per heavy atom. The van der Waals surface area contributed by atoms with Crippen LogP contribution in [0.3, 0.4) is 0 Å². The summed E-state index contributed by atoms with van der Waals surface area (Å²) in [6.45, 7) is 8.91. The molecular weight excluding hydrogens is 312 g/mol. The van der Waals surface area contributed by atoms with Gasteiger partial charge < -0.3 is 10.6 Å². The molecule has 0 saturated heterocycles. The number of carbonyl (C=O) groups excluding carboxylic acids is 1. The molecule has 1 aliphatic heterocycles. The molecule has 2 N–H and O–H groups in total. The molecular formula is C17H27ClN4O. The van der Waals surface area contributed by atoms with Crippen LogP contribution in [0.5, 0.6) is 0 Å². The number of rotatable bonds is 4. The van der Waals surface area contributed by atoms with Crippen molar-refractivity contribution in [3.63, 3.8) is 0 Å². The molecule has 1 aromatic heterocycles. The lowest BCUT2D eigenvalue weighted by atomic mass is 10.1. The first kappa shape index (κ1) is 18.0. The fourth-order valence-electron chi connectivity index (χ4n) is 2.83. The lowest BCUT2D eigenvalue weighted by Crippen LogP contribution is -2.30. The molecule has 1 fully saturated rings. The standard InChI is InChI=1S/C17H26N4O.ClH/c1-17(2,3)21-15(13-4-5-13)10-14(20-21)16(22)19-11-12-6-8-18-9-7-12;/h6,10,13,18H,4-5,7-9,11H2,1-3H3,(H,19,22);1H. The van der Waals surface area contributed by atoms with Crippen LogP contribution in [0.25, 0.3) is 0 Å². The highest BCUT2D eigenvalue weighted by molar-refractivity contribution is 5.92. The van der Waals surface area contributed by atoms with Crippen molar-refractivity contribution in [2.75, 3.05) is 19.6 Å². The van der Waals surface area contributed by atoms with E-state index in [0.29, 0.717) is 18.2 Å². The van der Waals surface area contributed by atoms with Crippen LogP contribution in [0.4, 0.5) is 0 Å². The first-order chi connectivity index (χ1) is 10.4. The average molecular weight is 339 g/mol. The fourth-order valence-corrected chi connectivity index (χ4v) is 2.83. The minimum atomic E-state index is -0.0893. The lowest BCUT2D eigenvalue weighted by Gasteiger charge is -2.22. The van der Waals surface area contributed by atoms with Gasteiger partial charge in [0.1, 0.15) is 5.69 Å². The largest absolute Gasteiger partial charge is 0.347 e. The van der Waals surface area contributed by atoms with E-state index in [1.165, 1.54) is 24.1 Å². The predicted molar refractivity (Wildman–Crippen MR) is 94.3 cm³/mol. The molecule has 0 atom stereocenters. The molecule has 2 aliphatic rings. The number of hydrogen-bond donors (Lipinski definition) is 2. The smallest absolute Gasteiger partial charge is 0.272 e. The van der Waals surface area contributed by atoms with Crippen LogP contribution in [0.1, 0.15) is 62.1 Å². The zero-order chi connectivity index (χ0) is 15.7. The van der Waals surface area contributed by atoms with Gasteiger partial charge >= 0.3 is 0 Å². The van der Waals surface area contributed by atoms with Gasteiger partial charge in [0.05, 0.1) is 5.54 Å². The summed E-state index contributed by atoms with van der Waals surface area (Å²) in [6, 6.07) is 1.98. The second-order valence-electron chi connectivity index (χ2n) is 7.31. The van der Waals surface area contributed by atoms with Crippen molar-refractivity contribution in [2.45, 2.75) is 51.5 Å². The van der Waals surface area contributed by atoms with E-state index in [9.17, 15) is 4.79 Å². The molecule has 1 saturated carbocycles. The van der Waals surface area contributed by atoms with E-state index in [1.807, 2.05) is 10.7 Å². The van der Waals surface area contributed by atoms with Crippen LogP contribution in [0.2, 0.25) is 0 Å². The van der Waals surface area contributed by atoms with Crippen LogP contribution in [0, 0.1) is 0 Å². The van der Waals surface area contributed by atoms with Crippen LogP contribution < -0.4 is 10.6 Å². The van der Waals surface area contributed by atoms with Gasteiger partial charge in [0.15, 0.2) is 0 Å². The first-order valence-electron chi connectivity index (χ1n) is 8.22. The number of carbonyl (C=O) groups is 1. The molecule has 0 spiro atoms. The summed E-state index contributed by atoms with van der Waals surface area (Å²) in [6.07, 6.45) is 5.59. The molecule has 2 heterocycles. The maximum Gasteiger partial charge on any atom is 0.272 e. The molecule has 128 valence electrons. The van der Waals surface area contributed by atoms with Gasteiger partial charge in [-0.2, -0.15) is 5.10 Å². The highest BCUT2D eigenvalue weighted by Crippen LogP contribution is 2.41. The van der Waals surface area contributed by atoms with Crippen molar-refractivity contribution >= 4 is 18.3 Å². The van der Waals surface area contributed by atoms with Crippen LogP contribution in [-0.2, 0) is 5.54 Å². The maximum atomic E-state index is 12.4. The van der Waals surface area contributed by atoms with Crippen LogP contribution in [0.15, 0.2) is 17.7 Å². The Balaban J connectivity index is 0.00000192. The second-order valence-corrected chi connectivity index (χ2v) is 7.31. The maximum absolute atomic E-state index is 12.4. The van der Waals surface area contributed by atoms with Crippen molar-refractivity contribution in [1.29, 1.82) is 0 Å². The van der Waals surface area contributed by atoms with E-state index in [1.54, 1.807) is 0 Å². The number of amides is 1. The van der Waals surface area contributed by atoms with E-state index in [0.717, 1.165) is 19.5 Å².